The lowest BCUT2D eigenvalue weighted by molar-refractivity contribution is -0.170. The van der Waals surface area contributed by atoms with E-state index in [2.05, 4.69) is 4.90 Å². The van der Waals surface area contributed by atoms with Gasteiger partial charge in [-0.2, -0.15) is 13.2 Å². The molecular formula is C18H23F3N2O3. The minimum atomic E-state index is -4.99. The molecule has 0 unspecified atom stereocenters. The van der Waals surface area contributed by atoms with Crippen molar-refractivity contribution in [3.05, 3.63) is 23.8 Å². The predicted octanol–water partition coefficient (Wildman–Crippen LogP) is 3.77. The van der Waals surface area contributed by atoms with E-state index in [0.29, 0.717) is 10.6 Å². The number of nitrogens with zero attached hydrogens (tertiary/aromatic N) is 2. The molecule has 0 N–H and O–H groups in total. The molecule has 1 saturated heterocycles. The van der Waals surface area contributed by atoms with E-state index in [9.17, 15) is 22.8 Å². The van der Waals surface area contributed by atoms with Gasteiger partial charge in [0.05, 0.1) is 17.9 Å². The highest BCUT2D eigenvalue weighted by Gasteiger charge is 2.42. The zero-order chi connectivity index (χ0) is 19.5. The van der Waals surface area contributed by atoms with Crippen molar-refractivity contribution in [2.75, 3.05) is 30.0 Å². The van der Waals surface area contributed by atoms with Crippen molar-refractivity contribution >= 4 is 23.3 Å². The molecule has 5 nitrogen and oxygen atoms in total. The molecule has 1 aromatic carbocycles. The summed E-state index contributed by atoms with van der Waals surface area (Å²) in [4.78, 5) is 26.4. The zero-order valence-electron chi connectivity index (χ0n) is 15.1. The van der Waals surface area contributed by atoms with Crippen LogP contribution in [-0.2, 0) is 9.53 Å². The number of anilines is 2. The summed E-state index contributed by atoms with van der Waals surface area (Å²) in [7, 11) is 1.03. The molecule has 144 valence electrons. The number of alkyl halides is 3. The van der Waals surface area contributed by atoms with Crippen LogP contribution in [0.1, 0.15) is 43.5 Å². The molecule has 0 aromatic heterocycles. The highest BCUT2D eigenvalue weighted by molar-refractivity contribution is 6.01. The molecule has 26 heavy (non-hydrogen) atoms. The van der Waals surface area contributed by atoms with E-state index >= 15 is 0 Å². The average Bonchev–Trinajstić information content (AvgIpc) is 2.60. The molecule has 1 aliphatic rings. The number of hydrogen-bond donors (Lipinski definition) is 0. The molecule has 0 radical (unpaired) electrons. The number of hydrogen-bond acceptors (Lipinski definition) is 4. The van der Waals surface area contributed by atoms with Crippen LogP contribution in [0, 0.1) is 0 Å². The summed E-state index contributed by atoms with van der Waals surface area (Å²) in [6.07, 6.45) is -1.95. The van der Waals surface area contributed by atoms with Crippen LogP contribution in [0.15, 0.2) is 18.2 Å². The third-order valence-corrected chi connectivity index (χ3v) is 4.52. The Morgan fingerprint density at radius 3 is 2.58 bits per heavy atom. The Hall–Kier alpha value is -2.25. The Morgan fingerprint density at radius 1 is 1.31 bits per heavy atom. The van der Waals surface area contributed by atoms with Crippen molar-refractivity contribution in [2.45, 2.75) is 45.3 Å². The lowest BCUT2D eigenvalue weighted by Crippen LogP contribution is -2.39. The maximum atomic E-state index is 12.7. The van der Waals surface area contributed by atoms with Gasteiger partial charge in [0, 0.05) is 25.3 Å². The smallest absolute Gasteiger partial charge is 0.462 e. The van der Waals surface area contributed by atoms with E-state index < -0.39 is 18.1 Å². The molecular weight excluding hydrogens is 349 g/mol. The summed E-state index contributed by atoms with van der Waals surface area (Å²) in [6.45, 7) is 4.60. The van der Waals surface area contributed by atoms with Gasteiger partial charge in [0.15, 0.2) is 0 Å². The van der Waals surface area contributed by atoms with Crippen molar-refractivity contribution in [1.82, 2.24) is 0 Å². The second-order valence-corrected chi connectivity index (χ2v) is 6.32. The summed E-state index contributed by atoms with van der Waals surface area (Å²) in [5.74, 6) is -2.61. The van der Waals surface area contributed by atoms with Crippen molar-refractivity contribution in [3.8, 4) is 0 Å². The van der Waals surface area contributed by atoms with Gasteiger partial charge in [-0.3, -0.25) is 4.79 Å². The SMILES string of the molecule is CCOC(=O)c1cc(N(C)C(=O)C(F)(F)F)ccc1N1CCCC[C@@H]1C. The van der Waals surface area contributed by atoms with Gasteiger partial charge in [0.2, 0.25) is 0 Å². The van der Waals surface area contributed by atoms with Crippen LogP contribution in [0.25, 0.3) is 0 Å². The molecule has 0 spiro atoms. The molecule has 1 amide bonds. The lowest BCUT2D eigenvalue weighted by atomic mass is 10.0. The molecule has 1 aromatic rings. The Labute approximate surface area is 150 Å². The van der Waals surface area contributed by atoms with Crippen molar-refractivity contribution in [2.24, 2.45) is 0 Å². The Balaban J connectivity index is 2.44. The van der Waals surface area contributed by atoms with Gasteiger partial charge in [-0.25, -0.2) is 4.79 Å². The molecule has 0 saturated carbocycles. The Kier molecular flexibility index (Phi) is 6.15. The third kappa shape index (κ3) is 4.28. The Bertz CT molecular complexity index is 676. The standard InChI is InChI=1S/C18H23F3N2O3/c1-4-26-16(24)14-11-13(22(3)17(25)18(19,20)21)8-9-15(14)23-10-6-5-7-12(23)2/h8-9,11-12H,4-7,10H2,1-3H3/t12-/m0/s1. The van der Waals surface area contributed by atoms with Gasteiger partial charge in [0.1, 0.15) is 0 Å². The van der Waals surface area contributed by atoms with Gasteiger partial charge in [-0.05, 0) is 51.3 Å². The first kappa shape index (κ1) is 20.1. The quantitative estimate of drug-likeness (QED) is 0.755. The molecule has 1 heterocycles. The molecule has 0 bridgehead atoms. The number of carbonyl (C=O) groups is 2. The minimum absolute atomic E-state index is 0.0104. The van der Waals surface area contributed by atoms with E-state index in [4.69, 9.17) is 4.74 Å². The average molecular weight is 372 g/mol. The first-order valence-corrected chi connectivity index (χ1v) is 8.59. The summed E-state index contributed by atoms with van der Waals surface area (Å²) in [5, 5.41) is 0. The van der Waals surface area contributed by atoms with Crippen LogP contribution in [0.2, 0.25) is 0 Å². The molecule has 1 fully saturated rings. The maximum absolute atomic E-state index is 12.7. The van der Waals surface area contributed by atoms with Crippen LogP contribution < -0.4 is 9.80 Å². The van der Waals surface area contributed by atoms with Gasteiger partial charge in [0.25, 0.3) is 0 Å². The van der Waals surface area contributed by atoms with Crippen LogP contribution in [0.5, 0.6) is 0 Å². The largest absolute Gasteiger partial charge is 0.471 e. The number of piperidine rings is 1. The normalized spacial score (nSPS) is 17.8. The second kappa shape index (κ2) is 7.97. The minimum Gasteiger partial charge on any atom is -0.462 e. The second-order valence-electron chi connectivity index (χ2n) is 6.32. The highest BCUT2D eigenvalue weighted by atomic mass is 19.4. The topological polar surface area (TPSA) is 49.9 Å². The monoisotopic (exact) mass is 372 g/mol. The maximum Gasteiger partial charge on any atom is 0.471 e. The van der Waals surface area contributed by atoms with Crippen LogP contribution in [0.3, 0.4) is 0 Å². The van der Waals surface area contributed by atoms with E-state index in [0.717, 1.165) is 32.9 Å². The fraction of sp³-hybridized carbons (Fsp3) is 0.556. The number of ether oxygens (including phenoxy) is 1. The zero-order valence-corrected chi connectivity index (χ0v) is 15.1. The van der Waals surface area contributed by atoms with Crippen molar-refractivity contribution in [1.29, 1.82) is 0 Å². The summed E-state index contributed by atoms with van der Waals surface area (Å²) >= 11 is 0. The van der Waals surface area contributed by atoms with Crippen LogP contribution in [0.4, 0.5) is 24.5 Å². The van der Waals surface area contributed by atoms with E-state index in [1.165, 1.54) is 12.1 Å². The van der Waals surface area contributed by atoms with Crippen molar-refractivity contribution in [3.63, 3.8) is 0 Å². The summed E-state index contributed by atoms with van der Waals surface area (Å²) in [5.41, 5.74) is 0.774. The van der Waals surface area contributed by atoms with Gasteiger partial charge in [-0.15, -0.1) is 0 Å². The number of halogens is 3. The molecule has 1 aliphatic heterocycles. The predicted molar refractivity (Wildman–Crippen MR) is 92.5 cm³/mol. The van der Waals surface area contributed by atoms with E-state index in [-0.39, 0.29) is 23.9 Å². The summed E-state index contributed by atoms with van der Waals surface area (Å²) < 4.78 is 43.2. The number of amides is 1. The number of esters is 1. The van der Waals surface area contributed by atoms with E-state index in [1.54, 1.807) is 13.0 Å². The first-order chi connectivity index (χ1) is 12.2. The molecule has 0 aliphatic carbocycles. The summed E-state index contributed by atoms with van der Waals surface area (Å²) in [6, 6.07) is 4.50. The number of carbonyl (C=O) groups excluding carboxylic acids is 2. The molecule has 8 heteroatoms. The van der Waals surface area contributed by atoms with Gasteiger partial charge in [-0.1, -0.05) is 0 Å². The lowest BCUT2D eigenvalue weighted by Gasteiger charge is -2.36. The van der Waals surface area contributed by atoms with E-state index in [1.807, 2.05) is 6.92 Å². The highest BCUT2D eigenvalue weighted by Crippen LogP contribution is 2.32. The Morgan fingerprint density at radius 2 is 2.00 bits per heavy atom. The van der Waals surface area contributed by atoms with Gasteiger partial charge >= 0.3 is 18.1 Å². The molecule has 2 rings (SSSR count). The van der Waals surface area contributed by atoms with Crippen LogP contribution in [-0.4, -0.2) is 44.3 Å². The number of benzene rings is 1. The molecule has 1 atom stereocenters. The van der Waals surface area contributed by atoms with Crippen LogP contribution >= 0.6 is 0 Å². The third-order valence-electron chi connectivity index (χ3n) is 4.52. The van der Waals surface area contributed by atoms with Crippen molar-refractivity contribution < 1.29 is 27.5 Å². The first-order valence-electron chi connectivity index (χ1n) is 8.59. The fourth-order valence-corrected chi connectivity index (χ4v) is 3.12. The fourth-order valence-electron chi connectivity index (χ4n) is 3.12. The van der Waals surface area contributed by atoms with Gasteiger partial charge < -0.3 is 14.5 Å². The number of rotatable bonds is 4.